The number of hydrogen-bond donors (Lipinski definition) is 0. The third-order valence-corrected chi connectivity index (χ3v) is 5.93. The standard InChI is InChI=1S/C27H30FNO2/c1-21-8-5-6-11-26(21)30-19-7-17-29-18-16-27(31-24-14-12-23(28)13-15-24)25(20-29)22-9-3-2-4-10-22/h2-6,8-15,25,27H,7,16-20H2,1H3/t25-,27+/m0/s1. The Hall–Kier alpha value is -2.85. The molecular formula is C27H30FNO2. The number of likely N-dealkylation sites (tertiary alicyclic amines) is 1. The van der Waals surface area contributed by atoms with Crippen LogP contribution in [-0.4, -0.2) is 37.2 Å². The molecule has 0 saturated carbocycles. The van der Waals surface area contributed by atoms with E-state index >= 15 is 0 Å². The Balaban J connectivity index is 1.35. The predicted molar refractivity (Wildman–Crippen MR) is 122 cm³/mol. The van der Waals surface area contributed by atoms with Crippen molar-refractivity contribution in [1.82, 2.24) is 4.90 Å². The van der Waals surface area contributed by atoms with Crippen LogP contribution in [0, 0.1) is 12.7 Å². The fourth-order valence-electron chi connectivity index (χ4n) is 4.24. The van der Waals surface area contributed by atoms with E-state index in [1.165, 1.54) is 23.3 Å². The maximum Gasteiger partial charge on any atom is 0.123 e. The summed E-state index contributed by atoms with van der Waals surface area (Å²) in [6.45, 7) is 5.72. The van der Waals surface area contributed by atoms with Gasteiger partial charge in [0.15, 0.2) is 0 Å². The van der Waals surface area contributed by atoms with Crippen LogP contribution in [0.25, 0.3) is 0 Å². The van der Waals surface area contributed by atoms with Gasteiger partial charge in [0.2, 0.25) is 0 Å². The average Bonchev–Trinajstić information content (AvgIpc) is 2.80. The zero-order valence-electron chi connectivity index (χ0n) is 18.0. The average molecular weight is 420 g/mol. The van der Waals surface area contributed by atoms with E-state index in [2.05, 4.69) is 42.2 Å². The highest BCUT2D eigenvalue weighted by Gasteiger charge is 2.31. The lowest BCUT2D eigenvalue weighted by atomic mass is 9.87. The summed E-state index contributed by atoms with van der Waals surface area (Å²) in [7, 11) is 0. The Bertz CT molecular complexity index is 945. The van der Waals surface area contributed by atoms with E-state index < -0.39 is 0 Å². The number of aryl methyl sites for hydroxylation is 1. The Morgan fingerprint density at radius 3 is 2.45 bits per heavy atom. The minimum atomic E-state index is -0.241. The highest BCUT2D eigenvalue weighted by atomic mass is 19.1. The number of halogens is 1. The summed E-state index contributed by atoms with van der Waals surface area (Å²) >= 11 is 0. The second kappa shape index (κ2) is 10.5. The molecule has 0 radical (unpaired) electrons. The summed E-state index contributed by atoms with van der Waals surface area (Å²) in [6, 6.07) is 25.0. The van der Waals surface area contributed by atoms with Crippen LogP contribution >= 0.6 is 0 Å². The first-order valence-corrected chi connectivity index (χ1v) is 11.1. The van der Waals surface area contributed by atoms with Crippen molar-refractivity contribution in [1.29, 1.82) is 0 Å². The Morgan fingerprint density at radius 2 is 1.68 bits per heavy atom. The van der Waals surface area contributed by atoms with E-state index in [-0.39, 0.29) is 17.8 Å². The monoisotopic (exact) mass is 419 g/mol. The van der Waals surface area contributed by atoms with E-state index in [1.54, 1.807) is 12.1 Å². The predicted octanol–water partition coefficient (Wildman–Crippen LogP) is 5.84. The molecule has 0 aliphatic carbocycles. The van der Waals surface area contributed by atoms with Crippen LogP contribution in [0.2, 0.25) is 0 Å². The van der Waals surface area contributed by atoms with Crippen LogP contribution in [0.15, 0.2) is 78.9 Å². The van der Waals surface area contributed by atoms with Gasteiger partial charge < -0.3 is 14.4 Å². The molecule has 1 aliphatic rings. The summed E-state index contributed by atoms with van der Waals surface area (Å²) in [6.07, 6.45) is 2.00. The van der Waals surface area contributed by atoms with Gasteiger partial charge in [0.25, 0.3) is 0 Å². The molecule has 0 bridgehead atoms. The van der Waals surface area contributed by atoms with Crippen LogP contribution in [0.4, 0.5) is 4.39 Å². The molecule has 3 aromatic carbocycles. The van der Waals surface area contributed by atoms with Crippen LogP contribution in [0.1, 0.15) is 29.9 Å². The van der Waals surface area contributed by atoms with Gasteiger partial charge in [-0.1, -0.05) is 48.5 Å². The van der Waals surface area contributed by atoms with Gasteiger partial charge >= 0.3 is 0 Å². The van der Waals surface area contributed by atoms with Gasteiger partial charge in [-0.15, -0.1) is 0 Å². The van der Waals surface area contributed by atoms with E-state index in [9.17, 15) is 4.39 Å². The first-order chi connectivity index (χ1) is 15.2. The molecule has 4 heteroatoms. The lowest BCUT2D eigenvalue weighted by molar-refractivity contribution is 0.0749. The SMILES string of the molecule is Cc1ccccc1OCCCN1CC[C@@H](Oc2ccc(F)cc2)[C@H](c2ccccc2)C1. The van der Waals surface area contributed by atoms with Crippen molar-refractivity contribution in [2.45, 2.75) is 31.8 Å². The van der Waals surface area contributed by atoms with Gasteiger partial charge in [0.05, 0.1) is 6.61 Å². The van der Waals surface area contributed by atoms with Gasteiger partial charge in [0, 0.05) is 25.6 Å². The molecule has 1 aliphatic heterocycles. The fourth-order valence-corrected chi connectivity index (χ4v) is 4.24. The lowest BCUT2D eigenvalue weighted by Gasteiger charge is -2.39. The van der Waals surface area contributed by atoms with Gasteiger partial charge in [0.1, 0.15) is 23.4 Å². The molecule has 2 atom stereocenters. The van der Waals surface area contributed by atoms with Crippen LogP contribution < -0.4 is 9.47 Å². The van der Waals surface area contributed by atoms with Crippen LogP contribution in [0.5, 0.6) is 11.5 Å². The largest absolute Gasteiger partial charge is 0.493 e. The van der Waals surface area contributed by atoms with Gasteiger partial charge in [-0.25, -0.2) is 4.39 Å². The molecule has 3 aromatic rings. The van der Waals surface area contributed by atoms with Gasteiger partial charge in [-0.2, -0.15) is 0 Å². The summed E-state index contributed by atoms with van der Waals surface area (Å²) in [5, 5.41) is 0. The Labute approximate surface area is 184 Å². The highest BCUT2D eigenvalue weighted by Crippen LogP contribution is 2.31. The second-order valence-electron chi connectivity index (χ2n) is 8.18. The first-order valence-electron chi connectivity index (χ1n) is 11.1. The molecule has 0 amide bonds. The van der Waals surface area contributed by atoms with Crippen molar-refractivity contribution in [2.75, 3.05) is 26.2 Å². The maximum atomic E-state index is 13.3. The van der Waals surface area contributed by atoms with Crippen LogP contribution in [-0.2, 0) is 0 Å². The molecular weight excluding hydrogens is 389 g/mol. The molecule has 3 nitrogen and oxygen atoms in total. The molecule has 0 N–H and O–H groups in total. The number of nitrogens with zero attached hydrogens (tertiary/aromatic N) is 1. The molecule has 4 rings (SSSR count). The normalized spacial score (nSPS) is 19.2. The third kappa shape index (κ3) is 5.86. The molecule has 1 saturated heterocycles. The fraction of sp³-hybridized carbons (Fsp3) is 0.333. The van der Waals surface area contributed by atoms with E-state index in [0.717, 1.165) is 44.0 Å². The van der Waals surface area contributed by atoms with Crippen molar-refractivity contribution in [3.05, 3.63) is 95.8 Å². The maximum absolute atomic E-state index is 13.3. The molecule has 0 unspecified atom stereocenters. The molecule has 162 valence electrons. The minimum absolute atomic E-state index is 0.0762. The van der Waals surface area contributed by atoms with Gasteiger partial charge in [-0.3, -0.25) is 0 Å². The molecule has 1 heterocycles. The lowest BCUT2D eigenvalue weighted by Crippen LogP contribution is -2.44. The topological polar surface area (TPSA) is 21.7 Å². The Kier molecular flexibility index (Phi) is 7.21. The number of para-hydroxylation sites is 1. The summed E-state index contributed by atoms with van der Waals surface area (Å²) in [5.41, 5.74) is 2.46. The van der Waals surface area contributed by atoms with E-state index in [0.29, 0.717) is 6.61 Å². The van der Waals surface area contributed by atoms with Crippen molar-refractivity contribution >= 4 is 0 Å². The smallest absolute Gasteiger partial charge is 0.123 e. The molecule has 0 spiro atoms. The number of piperidine rings is 1. The second-order valence-corrected chi connectivity index (χ2v) is 8.18. The van der Waals surface area contributed by atoms with Crippen molar-refractivity contribution in [2.24, 2.45) is 0 Å². The first kappa shape index (κ1) is 21.4. The number of rotatable bonds is 8. The summed E-state index contributed by atoms with van der Waals surface area (Å²) in [5.74, 6) is 1.73. The van der Waals surface area contributed by atoms with Crippen molar-refractivity contribution in [3.8, 4) is 11.5 Å². The van der Waals surface area contributed by atoms with Crippen LogP contribution in [0.3, 0.4) is 0 Å². The number of benzene rings is 3. The quantitative estimate of drug-likeness (QED) is 0.428. The molecule has 0 aromatic heterocycles. The number of hydrogen-bond acceptors (Lipinski definition) is 3. The van der Waals surface area contributed by atoms with Crippen molar-refractivity contribution in [3.63, 3.8) is 0 Å². The minimum Gasteiger partial charge on any atom is -0.493 e. The zero-order valence-corrected chi connectivity index (χ0v) is 18.0. The molecule has 1 fully saturated rings. The van der Waals surface area contributed by atoms with E-state index in [4.69, 9.17) is 9.47 Å². The highest BCUT2D eigenvalue weighted by molar-refractivity contribution is 5.31. The number of ether oxygens (including phenoxy) is 2. The molecule has 31 heavy (non-hydrogen) atoms. The third-order valence-electron chi connectivity index (χ3n) is 5.93. The Morgan fingerprint density at radius 1 is 0.935 bits per heavy atom. The summed E-state index contributed by atoms with van der Waals surface area (Å²) < 4.78 is 25.5. The summed E-state index contributed by atoms with van der Waals surface area (Å²) in [4.78, 5) is 2.50. The van der Waals surface area contributed by atoms with Crippen molar-refractivity contribution < 1.29 is 13.9 Å². The zero-order chi connectivity index (χ0) is 21.5. The van der Waals surface area contributed by atoms with E-state index in [1.807, 2.05) is 24.3 Å². The van der Waals surface area contributed by atoms with Gasteiger partial charge in [-0.05, 0) is 61.2 Å².